The fourth-order valence-electron chi connectivity index (χ4n) is 2.74. The summed E-state index contributed by atoms with van der Waals surface area (Å²) in [4.78, 5) is 26.0. The predicted molar refractivity (Wildman–Crippen MR) is 93.6 cm³/mol. The van der Waals surface area contributed by atoms with E-state index in [0.29, 0.717) is 11.3 Å². The van der Waals surface area contributed by atoms with Gasteiger partial charge >= 0.3 is 5.91 Å². The largest absolute Gasteiger partial charge is 0.502 e. The van der Waals surface area contributed by atoms with Crippen molar-refractivity contribution in [1.29, 1.82) is 0 Å². The van der Waals surface area contributed by atoms with Crippen LogP contribution in [-0.4, -0.2) is 16.9 Å². The van der Waals surface area contributed by atoms with Gasteiger partial charge in [-0.15, -0.1) is 0 Å². The van der Waals surface area contributed by atoms with Crippen LogP contribution in [0.3, 0.4) is 0 Å². The molecular weight excluding hydrogens is 321 g/mol. The quantitative estimate of drug-likeness (QED) is 0.843. The number of halogens is 1. The van der Waals surface area contributed by atoms with E-state index in [-0.39, 0.29) is 11.0 Å². The molecule has 0 unspecified atom stereocenters. The molecule has 0 aromatic heterocycles. The Morgan fingerprint density at radius 2 is 1.44 bits per heavy atom. The topological polar surface area (TPSA) is 57.6 Å². The van der Waals surface area contributed by atoms with E-state index in [4.69, 9.17) is 0 Å². The van der Waals surface area contributed by atoms with Gasteiger partial charge in [0.1, 0.15) is 5.82 Å². The van der Waals surface area contributed by atoms with E-state index in [1.165, 1.54) is 24.3 Å². The smallest absolute Gasteiger partial charge is 0.301 e. The van der Waals surface area contributed by atoms with E-state index < -0.39 is 23.4 Å². The van der Waals surface area contributed by atoms with Gasteiger partial charge in [0.05, 0.1) is 11.3 Å². The highest BCUT2D eigenvalue weighted by atomic mass is 19.1. The van der Waals surface area contributed by atoms with E-state index in [2.05, 4.69) is 20.8 Å². The van der Waals surface area contributed by atoms with E-state index >= 15 is 0 Å². The summed E-state index contributed by atoms with van der Waals surface area (Å²) in [5, 5.41) is 10.1. The molecule has 0 radical (unpaired) electrons. The lowest BCUT2D eigenvalue weighted by Gasteiger charge is -2.21. The molecule has 1 N–H and O–H groups in total. The van der Waals surface area contributed by atoms with Crippen LogP contribution in [0.2, 0.25) is 0 Å². The Labute approximate surface area is 145 Å². The second-order valence-electron chi connectivity index (χ2n) is 6.97. The van der Waals surface area contributed by atoms with Gasteiger partial charge in [0.2, 0.25) is 0 Å². The average Bonchev–Trinajstić information content (AvgIpc) is 2.78. The predicted octanol–water partition coefficient (Wildman–Crippen LogP) is 3.97. The normalized spacial score (nSPS) is 15.3. The van der Waals surface area contributed by atoms with E-state index in [1.807, 2.05) is 12.1 Å². The average molecular weight is 339 g/mol. The Morgan fingerprint density at radius 1 is 0.880 bits per heavy atom. The zero-order valence-corrected chi connectivity index (χ0v) is 14.2. The molecule has 0 spiro atoms. The third-order valence-corrected chi connectivity index (χ3v) is 4.18. The minimum absolute atomic E-state index is 0.0583. The lowest BCUT2D eigenvalue weighted by Crippen LogP contribution is -2.31. The van der Waals surface area contributed by atoms with Crippen molar-refractivity contribution in [3.05, 3.63) is 71.2 Å². The summed E-state index contributed by atoms with van der Waals surface area (Å²) >= 11 is 0. The monoisotopic (exact) mass is 339 g/mol. The molecule has 5 heteroatoms. The van der Waals surface area contributed by atoms with Gasteiger partial charge < -0.3 is 5.11 Å². The molecule has 0 bridgehead atoms. The van der Waals surface area contributed by atoms with Crippen molar-refractivity contribution in [3.63, 3.8) is 0 Å². The highest BCUT2D eigenvalue weighted by molar-refractivity contribution is 6.44. The Bertz CT molecular complexity index is 875. The fourth-order valence-corrected chi connectivity index (χ4v) is 2.74. The molecule has 0 saturated carbocycles. The van der Waals surface area contributed by atoms with E-state index in [9.17, 15) is 19.1 Å². The number of anilines is 1. The van der Waals surface area contributed by atoms with Crippen LogP contribution in [0.15, 0.2) is 54.3 Å². The third kappa shape index (κ3) is 2.93. The van der Waals surface area contributed by atoms with Crippen LogP contribution in [0, 0.1) is 5.82 Å². The number of aliphatic hydroxyl groups is 1. The van der Waals surface area contributed by atoms with Crippen molar-refractivity contribution >= 4 is 23.1 Å². The molecule has 1 heterocycles. The molecule has 2 aromatic rings. The van der Waals surface area contributed by atoms with E-state index in [0.717, 1.165) is 10.5 Å². The molecule has 4 nitrogen and oxygen atoms in total. The standard InChI is InChI=1S/C20H18FNO3/c1-20(2,3)13-6-10-15(11-7-13)22-18(24)16(17(23)19(22)25)12-4-8-14(21)9-5-12/h4-11,23H,1-3H3. The number of carbonyl (C=O) groups is 2. The van der Waals surface area contributed by atoms with Crippen LogP contribution < -0.4 is 4.90 Å². The van der Waals surface area contributed by atoms with Gasteiger partial charge in [-0.2, -0.15) is 0 Å². The van der Waals surface area contributed by atoms with Crippen LogP contribution in [0.5, 0.6) is 0 Å². The highest BCUT2D eigenvalue weighted by Gasteiger charge is 2.40. The molecule has 2 amide bonds. The van der Waals surface area contributed by atoms with E-state index in [1.54, 1.807) is 12.1 Å². The first-order valence-electron chi connectivity index (χ1n) is 7.88. The number of rotatable bonds is 2. The van der Waals surface area contributed by atoms with Crippen molar-refractivity contribution in [2.24, 2.45) is 0 Å². The summed E-state index contributed by atoms with van der Waals surface area (Å²) < 4.78 is 13.1. The van der Waals surface area contributed by atoms with Crippen LogP contribution in [0.1, 0.15) is 31.9 Å². The number of aliphatic hydroxyl groups excluding tert-OH is 1. The Morgan fingerprint density at radius 3 is 1.96 bits per heavy atom. The van der Waals surface area contributed by atoms with Gasteiger partial charge in [-0.3, -0.25) is 9.59 Å². The molecule has 1 aliphatic heterocycles. The minimum Gasteiger partial charge on any atom is -0.502 e. The number of benzene rings is 2. The van der Waals surface area contributed by atoms with Crippen molar-refractivity contribution in [3.8, 4) is 0 Å². The number of imide groups is 1. The maximum absolute atomic E-state index is 13.1. The molecule has 0 aliphatic carbocycles. The molecule has 0 saturated heterocycles. The summed E-state index contributed by atoms with van der Waals surface area (Å²) in [6.07, 6.45) is 0. The number of hydrogen-bond donors (Lipinski definition) is 1. The van der Waals surface area contributed by atoms with Gasteiger partial charge in [0.25, 0.3) is 5.91 Å². The zero-order valence-electron chi connectivity index (χ0n) is 14.2. The fraction of sp³-hybridized carbons (Fsp3) is 0.200. The lowest BCUT2D eigenvalue weighted by molar-refractivity contribution is -0.121. The maximum Gasteiger partial charge on any atom is 0.301 e. The first-order chi connectivity index (χ1) is 11.7. The van der Waals surface area contributed by atoms with Crippen LogP contribution in [0.25, 0.3) is 5.57 Å². The Hall–Kier alpha value is -2.95. The highest BCUT2D eigenvalue weighted by Crippen LogP contribution is 2.33. The number of nitrogens with zero attached hydrogens (tertiary/aromatic N) is 1. The van der Waals surface area contributed by atoms with Crippen LogP contribution in [0.4, 0.5) is 10.1 Å². The molecule has 2 aromatic carbocycles. The zero-order chi connectivity index (χ0) is 18.4. The molecule has 0 atom stereocenters. The van der Waals surface area contributed by atoms with Gasteiger partial charge in [-0.1, -0.05) is 45.0 Å². The van der Waals surface area contributed by atoms with Crippen molar-refractivity contribution in [2.45, 2.75) is 26.2 Å². The lowest BCUT2D eigenvalue weighted by atomic mass is 9.87. The third-order valence-electron chi connectivity index (χ3n) is 4.18. The number of carbonyl (C=O) groups excluding carboxylic acids is 2. The van der Waals surface area contributed by atoms with Crippen molar-refractivity contribution in [1.82, 2.24) is 0 Å². The van der Waals surface area contributed by atoms with Crippen LogP contribution in [-0.2, 0) is 15.0 Å². The first-order valence-corrected chi connectivity index (χ1v) is 7.88. The number of amides is 2. The summed E-state index contributed by atoms with van der Waals surface area (Å²) in [6, 6.07) is 12.1. The van der Waals surface area contributed by atoms with Crippen LogP contribution >= 0.6 is 0 Å². The molecule has 3 rings (SSSR count). The Balaban J connectivity index is 1.97. The minimum atomic E-state index is -0.784. The Kier molecular flexibility index (Phi) is 3.95. The summed E-state index contributed by atoms with van der Waals surface area (Å²) in [7, 11) is 0. The summed E-state index contributed by atoms with van der Waals surface area (Å²) in [6.45, 7) is 6.19. The summed E-state index contributed by atoms with van der Waals surface area (Å²) in [5.41, 5.74) is 1.56. The van der Waals surface area contributed by atoms with Gasteiger partial charge in [0.15, 0.2) is 5.76 Å². The molecule has 128 valence electrons. The SMILES string of the molecule is CC(C)(C)c1ccc(N2C(=O)C(O)=C(c3ccc(F)cc3)C2=O)cc1. The maximum atomic E-state index is 13.1. The summed E-state index contributed by atoms with van der Waals surface area (Å²) in [5.74, 6) is -2.50. The van der Waals surface area contributed by atoms with Gasteiger partial charge in [-0.05, 0) is 40.8 Å². The molecule has 0 fully saturated rings. The number of hydrogen-bond acceptors (Lipinski definition) is 3. The van der Waals surface area contributed by atoms with Crippen molar-refractivity contribution in [2.75, 3.05) is 4.90 Å². The second kappa shape index (κ2) is 5.84. The second-order valence-corrected chi connectivity index (χ2v) is 6.97. The van der Waals surface area contributed by atoms with Gasteiger partial charge in [-0.25, -0.2) is 9.29 Å². The molecular formula is C20H18FNO3. The molecule has 1 aliphatic rings. The first kappa shape index (κ1) is 16.9. The van der Waals surface area contributed by atoms with Gasteiger partial charge in [0, 0.05) is 0 Å². The molecule has 25 heavy (non-hydrogen) atoms. The van der Waals surface area contributed by atoms with Crippen molar-refractivity contribution < 1.29 is 19.1 Å².